The SMILES string of the molecule is CCNC(=NCC1CCCOC1C(C)(C)C)NC1CCN(c2ccccc2)C1. The van der Waals surface area contributed by atoms with Gasteiger partial charge in [0.05, 0.1) is 6.10 Å². The Hall–Kier alpha value is -1.75. The number of nitrogens with one attached hydrogen (secondary N) is 2. The van der Waals surface area contributed by atoms with Crippen LogP contribution in [0.2, 0.25) is 0 Å². The minimum absolute atomic E-state index is 0.161. The molecule has 2 heterocycles. The van der Waals surface area contributed by atoms with E-state index in [2.05, 4.69) is 73.6 Å². The number of ether oxygens (including phenoxy) is 1. The number of guanidine groups is 1. The molecule has 156 valence electrons. The van der Waals surface area contributed by atoms with Crippen LogP contribution in [0.4, 0.5) is 5.69 Å². The minimum atomic E-state index is 0.161. The highest BCUT2D eigenvalue weighted by Gasteiger charge is 2.35. The summed E-state index contributed by atoms with van der Waals surface area (Å²) in [6, 6.07) is 11.1. The number of hydrogen-bond acceptors (Lipinski definition) is 3. The van der Waals surface area contributed by atoms with Crippen molar-refractivity contribution >= 4 is 11.6 Å². The van der Waals surface area contributed by atoms with Gasteiger partial charge in [0.1, 0.15) is 0 Å². The predicted molar refractivity (Wildman–Crippen MR) is 118 cm³/mol. The Kier molecular flexibility index (Phi) is 7.22. The molecule has 3 rings (SSSR count). The number of rotatable bonds is 5. The van der Waals surface area contributed by atoms with Gasteiger partial charge in [-0.1, -0.05) is 39.0 Å². The van der Waals surface area contributed by atoms with Crippen molar-refractivity contribution in [2.24, 2.45) is 16.3 Å². The topological polar surface area (TPSA) is 48.9 Å². The fraction of sp³-hybridized carbons (Fsp3) is 0.696. The van der Waals surface area contributed by atoms with E-state index in [0.717, 1.165) is 51.6 Å². The fourth-order valence-corrected chi connectivity index (χ4v) is 4.46. The van der Waals surface area contributed by atoms with Crippen LogP contribution in [0.1, 0.15) is 47.0 Å². The van der Waals surface area contributed by atoms with E-state index in [1.54, 1.807) is 0 Å². The highest BCUT2D eigenvalue weighted by atomic mass is 16.5. The molecular weight excluding hydrogens is 348 g/mol. The molecule has 3 unspecified atom stereocenters. The Labute approximate surface area is 170 Å². The molecule has 2 N–H and O–H groups in total. The van der Waals surface area contributed by atoms with Gasteiger partial charge in [0.2, 0.25) is 0 Å². The molecule has 5 heteroatoms. The van der Waals surface area contributed by atoms with Gasteiger partial charge < -0.3 is 20.3 Å². The van der Waals surface area contributed by atoms with Gasteiger partial charge in [-0.2, -0.15) is 0 Å². The zero-order valence-corrected chi connectivity index (χ0v) is 18.1. The first-order valence-corrected chi connectivity index (χ1v) is 10.9. The smallest absolute Gasteiger partial charge is 0.191 e. The average molecular weight is 387 g/mol. The lowest BCUT2D eigenvalue weighted by Crippen LogP contribution is -2.46. The van der Waals surface area contributed by atoms with Gasteiger partial charge in [0.15, 0.2) is 5.96 Å². The van der Waals surface area contributed by atoms with E-state index in [4.69, 9.17) is 9.73 Å². The van der Waals surface area contributed by atoms with Crippen molar-refractivity contribution in [2.75, 3.05) is 37.7 Å². The Morgan fingerprint density at radius 3 is 2.71 bits per heavy atom. The number of benzene rings is 1. The molecule has 1 aromatic rings. The first-order valence-electron chi connectivity index (χ1n) is 10.9. The molecule has 0 amide bonds. The summed E-state index contributed by atoms with van der Waals surface area (Å²) >= 11 is 0. The minimum Gasteiger partial charge on any atom is -0.377 e. The van der Waals surface area contributed by atoms with Gasteiger partial charge in [-0.15, -0.1) is 0 Å². The molecule has 2 aliphatic heterocycles. The molecule has 0 aliphatic carbocycles. The van der Waals surface area contributed by atoms with E-state index in [1.807, 2.05) is 0 Å². The third-order valence-corrected chi connectivity index (χ3v) is 5.78. The lowest BCUT2D eigenvalue weighted by atomic mass is 9.78. The van der Waals surface area contributed by atoms with Gasteiger partial charge in [-0.05, 0) is 43.7 Å². The van der Waals surface area contributed by atoms with Crippen molar-refractivity contribution in [1.29, 1.82) is 0 Å². The summed E-state index contributed by atoms with van der Waals surface area (Å²) in [5.74, 6) is 1.44. The number of aliphatic imine (C=N–C) groups is 1. The molecule has 5 nitrogen and oxygen atoms in total. The standard InChI is InChI=1S/C23H38N4O/c1-5-24-22(25-16-18-10-9-15-28-21(18)23(2,3)4)26-19-13-14-27(17-19)20-11-7-6-8-12-20/h6-8,11-12,18-19,21H,5,9-10,13-17H2,1-4H3,(H2,24,25,26). The summed E-state index contributed by atoms with van der Waals surface area (Å²) < 4.78 is 6.13. The molecule has 28 heavy (non-hydrogen) atoms. The van der Waals surface area contributed by atoms with E-state index in [1.165, 1.54) is 12.1 Å². The molecule has 0 bridgehead atoms. The monoisotopic (exact) mass is 386 g/mol. The average Bonchev–Trinajstić information content (AvgIpc) is 3.15. The quantitative estimate of drug-likeness (QED) is 0.599. The molecule has 3 atom stereocenters. The second-order valence-corrected chi connectivity index (χ2v) is 9.19. The summed E-state index contributed by atoms with van der Waals surface area (Å²) in [4.78, 5) is 7.41. The molecule has 0 saturated carbocycles. The Balaban J connectivity index is 1.58. The van der Waals surface area contributed by atoms with Crippen LogP contribution in [-0.4, -0.2) is 50.9 Å². The van der Waals surface area contributed by atoms with Gasteiger partial charge in [0, 0.05) is 50.4 Å². The van der Waals surface area contributed by atoms with Crippen LogP contribution < -0.4 is 15.5 Å². The largest absolute Gasteiger partial charge is 0.377 e. The molecular formula is C23H38N4O. The number of anilines is 1. The third-order valence-electron chi connectivity index (χ3n) is 5.78. The summed E-state index contributed by atoms with van der Waals surface area (Å²) in [5.41, 5.74) is 1.47. The van der Waals surface area contributed by atoms with Crippen molar-refractivity contribution in [3.63, 3.8) is 0 Å². The highest BCUT2D eigenvalue weighted by molar-refractivity contribution is 5.80. The summed E-state index contributed by atoms with van der Waals surface area (Å²) in [5, 5.41) is 7.10. The van der Waals surface area contributed by atoms with Crippen molar-refractivity contribution in [1.82, 2.24) is 10.6 Å². The van der Waals surface area contributed by atoms with Crippen LogP contribution in [0, 0.1) is 11.3 Å². The second-order valence-electron chi connectivity index (χ2n) is 9.19. The van der Waals surface area contributed by atoms with Crippen molar-refractivity contribution in [2.45, 2.75) is 59.1 Å². The third kappa shape index (κ3) is 5.63. The van der Waals surface area contributed by atoms with Crippen LogP contribution in [0.15, 0.2) is 35.3 Å². The predicted octanol–water partition coefficient (Wildman–Crippen LogP) is 3.66. The number of para-hydroxylation sites is 1. The second kappa shape index (κ2) is 9.64. The molecule has 0 spiro atoms. The molecule has 2 fully saturated rings. The fourth-order valence-electron chi connectivity index (χ4n) is 4.46. The number of nitrogens with zero attached hydrogens (tertiary/aromatic N) is 2. The van der Waals surface area contributed by atoms with E-state index < -0.39 is 0 Å². The maximum Gasteiger partial charge on any atom is 0.191 e. The van der Waals surface area contributed by atoms with Crippen LogP contribution in [-0.2, 0) is 4.74 Å². The van der Waals surface area contributed by atoms with Gasteiger partial charge in [-0.25, -0.2) is 0 Å². The van der Waals surface area contributed by atoms with Gasteiger partial charge in [-0.3, -0.25) is 4.99 Å². The Morgan fingerprint density at radius 2 is 2.00 bits per heavy atom. The summed E-state index contributed by atoms with van der Waals surface area (Å²) in [6.07, 6.45) is 3.77. The zero-order valence-electron chi connectivity index (χ0n) is 18.1. The highest BCUT2D eigenvalue weighted by Crippen LogP contribution is 2.34. The van der Waals surface area contributed by atoms with Crippen LogP contribution >= 0.6 is 0 Å². The molecule has 1 aromatic carbocycles. The molecule has 0 radical (unpaired) electrons. The molecule has 2 aliphatic rings. The van der Waals surface area contributed by atoms with Crippen LogP contribution in [0.5, 0.6) is 0 Å². The van der Waals surface area contributed by atoms with Gasteiger partial charge >= 0.3 is 0 Å². The molecule has 0 aromatic heterocycles. The summed E-state index contributed by atoms with van der Waals surface area (Å²) in [7, 11) is 0. The van der Waals surface area contributed by atoms with E-state index in [9.17, 15) is 0 Å². The van der Waals surface area contributed by atoms with E-state index in [0.29, 0.717) is 12.0 Å². The number of hydrogen-bond donors (Lipinski definition) is 2. The van der Waals surface area contributed by atoms with Gasteiger partial charge in [0.25, 0.3) is 0 Å². The van der Waals surface area contributed by atoms with Crippen LogP contribution in [0.25, 0.3) is 0 Å². The van der Waals surface area contributed by atoms with E-state index in [-0.39, 0.29) is 11.5 Å². The first-order chi connectivity index (χ1) is 13.5. The Morgan fingerprint density at radius 1 is 1.21 bits per heavy atom. The normalized spacial score (nSPS) is 26.4. The zero-order chi connectivity index (χ0) is 20.0. The van der Waals surface area contributed by atoms with E-state index >= 15 is 0 Å². The first kappa shape index (κ1) is 21.0. The molecule has 2 saturated heterocycles. The maximum absolute atomic E-state index is 6.13. The summed E-state index contributed by atoms with van der Waals surface area (Å²) in [6.45, 7) is 13.7. The van der Waals surface area contributed by atoms with Crippen molar-refractivity contribution in [3.05, 3.63) is 30.3 Å². The maximum atomic E-state index is 6.13. The lowest BCUT2D eigenvalue weighted by Gasteiger charge is -2.39. The van der Waals surface area contributed by atoms with Crippen molar-refractivity contribution in [3.8, 4) is 0 Å². The van der Waals surface area contributed by atoms with Crippen LogP contribution in [0.3, 0.4) is 0 Å². The van der Waals surface area contributed by atoms with Crippen molar-refractivity contribution < 1.29 is 4.74 Å². The lowest BCUT2D eigenvalue weighted by molar-refractivity contribution is -0.0823. The Bertz CT molecular complexity index is 625.